The molecular formula is C8H15NO3. The number of ether oxygens (including phenoxy) is 2. The molecule has 1 aliphatic heterocycles. The van der Waals surface area contributed by atoms with Crippen LogP contribution in [0.1, 0.15) is 6.42 Å². The molecule has 1 fully saturated rings. The summed E-state index contributed by atoms with van der Waals surface area (Å²) in [6, 6.07) is 0. The first kappa shape index (κ1) is 9.32. The second-order valence-electron chi connectivity index (χ2n) is 3.03. The molecule has 0 bridgehead atoms. The van der Waals surface area contributed by atoms with Gasteiger partial charge >= 0.3 is 6.09 Å². The quantitative estimate of drug-likeness (QED) is 0.617. The van der Waals surface area contributed by atoms with Crippen molar-refractivity contribution in [1.29, 1.82) is 0 Å². The highest BCUT2D eigenvalue weighted by Crippen LogP contribution is 2.16. The molecule has 0 aromatic carbocycles. The molecule has 1 saturated heterocycles. The van der Waals surface area contributed by atoms with Gasteiger partial charge in [0.2, 0.25) is 0 Å². The van der Waals surface area contributed by atoms with Crippen molar-refractivity contribution < 1.29 is 14.3 Å². The highest BCUT2D eigenvalue weighted by molar-refractivity contribution is 5.67. The molecule has 0 aromatic heterocycles. The Balaban J connectivity index is 2.30. The molecule has 0 saturated carbocycles. The Hall–Kier alpha value is -0.770. The van der Waals surface area contributed by atoms with Crippen molar-refractivity contribution in [2.45, 2.75) is 6.42 Å². The topological polar surface area (TPSA) is 38.8 Å². The van der Waals surface area contributed by atoms with Gasteiger partial charge in [-0.1, -0.05) is 0 Å². The van der Waals surface area contributed by atoms with E-state index in [2.05, 4.69) is 4.74 Å². The first-order chi connectivity index (χ1) is 5.77. The van der Waals surface area contributed by atoms with Crippen LogP contribution in [0, 0.1) is 5.92 Å². The van der Waals surface area contributed by atoms with Crippen molar-refractivity contribution in [3.8, 4) is 0 Å². The minimum atomic E-state index is -0.228. The van der Waals surface area contributed by atoms with E-state index in [-0.39, 0.29) is 6.09 Å². The third kappa shape index (κ3) is 2.11. The Morgan fingerprint density at radius 2 is 2.33 bits per heavy atom. The van der Waals surface area contributed by atoms with Crippen molar-refractivity contribution >= 4 is 6.09 Å². The van der Waals surface area contributed by atoms with Gasteiger partial charge in [-0.15, -0.1) is 0 Å². The Labute approximate surface area is 72.4 Å². The molecule has 70 valence electrons. The minimum absolute atomic E-state index is 0.228. The zero-order chi connectivity index (χ0) is 8.97. The summed E-state index contributed by atoms with van der Waals surface area (Å²) >= 11 is 0. The van der Waals surface area contributed by atoms with Gasteiger partial charge in [0.1, 0.15) is 0 Å². The largest absolute Gasteiger partial charge is 0.453 e. The third-order valence-electron chi connectivity index (χ3n) is 2.12. The molecule has 1 heterocycles. The lowest BCUT2D eigenvalue weighted by Crippen LogP contribution is -2.28. The summed E-state index contributed by atoms with van der Waals surface area (Å²) in [5.41, 5.74) is 0. The first-order valence-corrected chi connectivity index (χ1v) is 4.09. The van der Waals surface area contributed by atoms with Gasteiger partial charge in [0.25, 0.3) is 0 Å². The third-order valence-corrected chi connectivity index (χ3v) is 2.12. The van der Waals surface area contributed by atoms with E-state index in [1.54, 1.807) is 12.0 Å². The van der Waals surface area contributed by atoms with Crippen molar-refractivity contribution in [3.63, 3.8) is 0 Å². The van der Waals surface area contributed by atoms with Gasteiger partial charge in [0.05, 0.1) is 13.7 Å². The second-order valence-corrected chi connectivity index (χ2v) is 3.03. The molecule has 1 rings (SSSR count). The molecule has 0 aliphatic carbocycles. The van der Waals surface area contributed by atoms with E-state index in [0.29, 0.717) is 5.92 Å². The summed E-state index contributed by atoms with van der Waals surface area (Å²) in [4.78, 5) is 12.7. The van der Waals surface area contributed by atoms with Crippen LogP contribution in [-0.4, -0.2) is 44.9 Å². The molecule has 4 nitrogen and oxygen atoms in total. The van der Waals surface area contributed by atoms with Gasteiger partial charge in [0, 0.05) is 26.1 Å². The maximum absolute atomic E-state index is 11.0. The zero-order valence-electron chi connectivity index (χ0n) is 7.58. The fourth-order valence-electron chi connectivity index (χ4n) is 1.50. The highest BCUT2D eigenvalue weighted by atomic mass is 16.5. The minimum Gasteiger partial charge on any atom is -0.453 e. The number of methoxy groups -OCH3 is 2. The van der Waals surface area contributed by atoms with Gasteiger partial charge in [-0.3, -0.25) is 0 Å². The molecule has 0 aromatic rings. The van der Waals surface area contributed by atoms with Gasteiger partial charge in [0.15, 0.2) is 0 Å². The molecular weight excluding hydrogens is 158 g/mol. The predicted octanol–water partition coefficient (Wildman–Crippen LogP) is 0.721. The van der Waals surface area contributed by atoms with Gasteiger partial charge < -0.3 is 14.4 Å². The van der Waals surface area contributed by atoms with Crippen LogP contribution < -0.4 is 0 Å². The van der Waals surface area contributed by atoms with Crippen LogP contribution in [0.2, 0.25) is 0 Å². The lowest BCUT2D eigenvalue weighted by Gasteiger charge is -2.13. The number of hydrogen-bond donors (Lipinski definition) is 0. The molecule has 1 amide bonds. The molecule has 0 spiro atoms. The summed E-state index contributed by atoms with van der Waals surface area (Å²) < 4.78 is 9.62. The van der Waals surface area contributed by atoms with Gasteiger partial charge in [-0.05, 0) is 6.42 Å². The molecule has 1 atom stereocenters. The number of amides is 1. The molecule has 0 N–H and O–H groups in total. The lowest BCUT2D eigenvalue weighted by atomic mass is 10.1. The lowest BCUT2D eigenvalue weighted by molar-refractivity contribution is 0.124. The molecule has 1 aliphatic rings. The van der Waals surface area contributed by atoms with Gasteiger partial charge in [-0.2, -0.15) is 0 Å². The van der Waals surface area contributed by atoms with Gasteiger partial charge in [-0.25, -0.2) is 4.79 Å². The number of carbonyl (C=O) groups excluding carboxylic acids is 1. The summed E-state index contributed by atoms with van der Waals surface area (Å²) in [6.45, 7) is 2.29. The number of carbonyl (C=O) groups is 1. The highest BCUT2D eigenvalue weighted by Gasteiger charge is 2.26. The average Bonchev–Trinajstić information content (AvgIpc) is 2.52. The number of rotatable bonds is 2. The van der Waals surface area contributed by atoms with Crippen LogP contribution in [-0.2, 0) is 9.47 Å². The summed E-state index contributed by atoms with van der Waals surface area (Å²) in [5, 5.41) is 0. The number of nitrogens with zero attached hydrogens (tertiary/aromatic N) is 1. The van der Waals surface area contributed by atoms with Crippen LogP contribution in [0.5, 0.6) is 0 Å². The SMILES string of the molecule is COCC1CCN(C(=O)OC)C1. The summed E-state index contributed by atoms with van der Waals surface area (Å²) in [6.07, 6.45) is 0.789. The van der Waals surface area contributed by atoms with E-state index in [1.807, 2.05) is 0 Å². The number of hydrogen-bond acceptors (Lipinski definition) is 3. The monoisotopic (exact) mass is 173 g/mol. The van der Waals surface area contributed by atoms with Crippen molar-refractivity contribution in [3.05, 3.63) is 0 Å². The van der Waals surface area contributed by atoms with Crippen molar-refractivity contribution in [2.75, 3.05) is 33.9 Å². The smallest absolute Gasteiger partial charge is 0.409 e. The Kier molecular flexibility index (Phi) is 3.34. The van der Waals surface area contributed by atoms with E-state index >= 15 is 0 Å². The fraction of sp³-hybridized carbons (Fsp3) is 0.875. The fourth-order valence-corrected chi connectivity index (χ4v) is 1.50. The normalized spacial score (nSPS) is 22.8. The molecule has 1 unspecified atom stereocenters. The predicted molar refractivity (Wildman–Crippen MR) is 44.0 cm³/mol. The molecule has 12 heavy (non-hydrogen) atoms. The Bertz CT molecular complexity index is 160. The zero-order valence-corrected chi connectivity index (χ0v) is 7.58. The summed E-state index contributed by atoms with van der Waals surface area (Å²) in [7, 11) is 3.09. The van der Waals surface area contributed by atoms with E-state index < -0.39 is 0 Å². The Morgan fingerprint density at radius 1 is 1.58 bits per heavy atom. The molecule has 4 heteroatoms. The Morgan fingerprint density at radius 3 is 2.92 bits per heavy atom. The van der Waals surface area contributed by atoms with Crippen LogP contribution in [0.4, 0.5) is 4.79 Å². The maximum Gasteiger partial charge on any atom is 0.409 e. The van der Waals surface area contributed by atoms with Crippen LogP contribution >= 0.6 is 0 Å². The molecule has 0 radical (unpaired) electrons. The van der Waals surface area contributed by atoms with E-state index in [9.17, 15) is 4.79 Å². The van der Waals surface area contributed by atoms with Crippen LogP contribution in [0.25, 0.3) is 0 Å². The van der Waals surface area contributed by atoms with E-state index in [4.69, 9.17) is 4.74 Å². The standard InChI is InChI=1S/C8H15NO3/c1-11-6-7-3-4-9(5-7)8(10)12-2/h7H,3-6H2,1-2H3. The van der Waals surface area contributed by atoms with Crippen LogP contribution in [0.3, 0.4) is 0 Å². The average molecular weight is 173 g/mol. The number of likely N-dealkylation sites (tertiary alicyclic amines) is 1. The van der Waals surface area contributed by atoms with Crippen molar-refractivity contribution in [1.82, 2.24) is 4.90 Å². The van der Waals surface area contributed by atoms with Crippen LogP contribution in [0.15, 0.2) is 0 Å². The van der Waals surface area contributed by atoms with E-state index in [0.717, 1.165) is 26.1 Å². The maximum atomic E-state index is 11.0. The van der Waals surface area contributed by atoms with E-state index in [1.165, 1.54) is 7.11 Å². The van der Waals surface area contributed by atoms with Crippen molar-refractivity contribution in [2.24, 2.45) is 5.92 Å². The summed E-state index contributed by atoms with van der Waals surface area (Å²) in [5.74, 6) is 0.481. The first-order valence-electron chi connectivity index (χ1n) is 4.09. The second kappa shape index (κ2) is 4.30.